The van der Waals surface area contributed by atoms with Crippen LogP contribution in [-0.2, 0) is 28.2 Å². The molecule has 0 radical (unpaired) electrons. The molecular weight excluding hydrogens is 627 g/mol. The maximum absolute atomic E-state index is 12.3. The maximum Gasteiger partial charge on any atom is 0.469 e. The van der Waals surface area contributed by atoms with E-state index in [1.807, 2.05) is 0 Å². The zero-order chi connectivity index (χ0) is 35.4. The summed E-state index contributed by atoms with van der Waals surface area (Å²) in [7, 11) is -4.76. The van der Waals surface area contributed by atoms with Crippen molar-refractivity contribution in [2.75, 3.05) is 13.2 Å². The molecule has 8 nitrogen and oxygen atoms in total. The van der Waals surface area contributed by atoms with Gasteiger partial charge >= 0.3 is 19.8 Å². The second kappa shape index (κ2) is 34.6. The molecule has 0 amide bonds. The van der Waals surface area contributed by atoms with Gasteiger partial charge in [-0.25, -0.2) is 4.57 Å². The van der Waals surface area contributed by atoms with Gasteiger partial charge in [0.2, 0.25) is 0 Å². The van der Waals surface area contributed by atoms with Gasteiger partial charge in [-0.3, -0.25) is 14.1 Å². The molecule has 48 heavy (non-hydrogen) atoms. The lowest BCUT2D eigenvalue weighted by Crippen LogP contribution is -2.29. The highest BCUT2D eigenvalue weighted by Gasteiger charge is 2.22. The van der Waals surface area contributed by atoms with Crippen LogP contribution in [0.2, 0.25) is 0 Å². The fraction of sp³-hybridized carbons (Fsp3) is 0.692. The third-order valence-electron chi connectivity index (χ3n) is 7.52. The first-order valence-electron chi connectivity index (χ1n) is 18.6. The number of rotatable bonds is 33. The van der Waals surface area contributed by atoms with Crippen LogP contribution in [0.15, 0.2) is 60.8 Å². The molecule has 0 rings (SSSR count). The first kappa shape index (κ1) is 45.8. The Bertz CT molecular complexity index is 963. The van der Waals surface area contributed by atoms with Crippen LogP contribution in [0.1, 0.15) is 155 Å². The Labute approximate surface area is 292 Å². The van der Waals surface area contributed by atoms with Gasteiger partial charge in [0.05, 0.1) is 6.61 Å². The number of hydrogen-bond acceptors (Lipinski definition) is 6. The van der Waals surface area contributed by atoms with Gasteiger partial charge in [0.15, 0.2) is 6.10 Å². The Kier molecular flexibility index (Phi) is 33.0. The van der Waals surface area contributed by atoms with E-state index in [1.165, 1.54) is 38.5 Å². The SMILES string of the molecule is CC/C=C/C/C=C/C/C=C/CCCCCCCC(=O)O[C@H](COC(=O)CCCC/C=C/C/C=C/CCCCCCCC)COP(=O)(O)O. The van der Waals surface area contributed by atoms with E-state index in [4.69, 9.17) is 19.3 Å². The molecule has 0 aliphatic rings. The molecule has 0 aromatic heterocycles. The summed E-state index contributed by atoms with van der Waals surface area (Å²) < 4.78 is 26.2. The molecule has 2 N–H and O–H groups in total. The first-order valence-corrected chi connectivity index (χ1v) is 20.1. The fourth-order valence-electron chi connectivity index (χ4n) is 4.77. The van der Waals surface area contributed by atoms with Crippen molar-refractivity contribution in [2.45, 2.75) is 161 Å². The predicted molar refractivity (Wildman–Crippen MR) is 197 cm³/mol. The van der Waals surface area contributed by atoms with Gasteiger partial charge in [-0.1, -0.05) is 126 Å². The van der Waals surface area contributed by atoms with Crippen LogP contribution in [0.3, 0.4) is 0 Å². The summed E-state index contributed by atoms with van der Waals surface area (Å²) >= 11 is 0. The van der Waals surface area contributed by atoms with Crippen molar-refractivity contribution in [3.63, 3.8) is 0 Å². The average molecular weight is 695 g/mol. The highest BCUT2D eigenvalue weighted by atomic mass is 31.2. The Hall–Kier alpha value is -2.25. The molecule has 1 atom stereocenters. The Balaban J connectivity index is 4.07. The fourth-order valence-corrected chi connectivity index (χ4v) is 5.13. The minimum atomic E-state index is -4.76. The molecule has 0 spiro atoms. The summed E-state index contributed by atoms with van der Waals surface area (Å²) in [6.45, 7) is 3.50. The molecule has 276 valence electrons. The Morgan fingerprint density at radius 1 is 0.562 bits per heavy atom. The van der Waals surface area contributed by atoms with E-state index < -0.39 is 32.5 Å². The molecule has 0 saturated carbocycles. The van der Waals surface area contributed by atoms with Crippen molar-refractivity contribution in [2.24, 2.45) is 0 Å². The number of phosphoric acid groups is 1. The average Bonchev–Trinajstić information content (AvgIpc) is 3.05. The van der Waals surface area contributed by atoms with Crippen LogP contribution in [0, 0.1) is 0 Å². The van der Waals surface area contributed by atoms with Crippen molar-refractivity contribution < 1.29 is 37.9 Å². The number of allylic oxidation sites excluding steroid dienone is 10. The zero-order valence-electron chi connectivity index (χ0n) is 30.1. The van der Waals surface area contributed by atoms with Crippen molar-refractivity contribution in [3.05, 3.63) is 60.8 Å². The van der Waals surface area contributed by atoms with E-state index in [-0.39, 0.29) is 19.4 Å². The third-order valence-corrected chi connectivity index (χ3v) is 8.01. The van der Waals surface area contributed by atoms with Crippen LogP contribution in [0.4, 0.5) is 0 Å². The van der Waals surface area contributed by atoms with Crippen molar-refractivity contribution in [1.82, 2.24) is 0 Å². The van der Waals surface area contributed by atoms with Gasteiger partial charge in [-0.05, 0) is 77.0 Å². The molecule has 0 saturated heterocycles. The monoisotopic (exact) mass is 694 g/mol. The molecule has 0 aromatic carbocycles. The minimum Gasteiger partial charge on any atom is -0.462 e. The highest BCUT2D eigenvalue weighted by molar-refractivity contribution is 7.46. The number of carbonyl (C=O) groups excluding carboxylic acids is 2. The first-order chi connectivity index (χ1) is 23.3. The molecule has 0 unspecified atom stereocenters. The number of hydrogen-bond donors (Lipinski definition) is 2. The van der Waals surface area contributed by atoms with Gasteiger partial charge in [0.25, 0.3) is 0 Å². The molecule has 0 aromatic rings. The number of carbonyl (C=O) groups is 2. The summed E-state index contributed by atoms with van der Waals surface area (Å²) in [4.78, 5) is 42.7. The Morgan fingerprint density at radius 2 is 1.00 bits per heavy atom. The topological polar surface area (TPSA) is 119 Å². The number of ether oxygens (including phenoxy) is 2. The van der Waals surface area contributed by atoms with Gasteiger partial charge < -0.3 is 19.3 Å². The number of phosphoric ester groups is 1. The predicted octanol–water partition coefficient (Wildman–Crippen LogP) is 11.0. The summed E-state index contributed by atoms with van der Waals surface area (Å²) in [6.07, 6.45) is 42.3. The largest absolute Gasteiger partial charge is 0.469 e. The molecule has 0 bridgehead atoms. The molecular formula is C39H67O8P. The van der Waals surface area contributed by atoms with Gasteiger partial charge in [-0.15, -0.1) is 0 Å². The second-order valence-electron chi connectivity index (χ2n) is 12.2. The smallest absolute Gasteiger partial charge is 0.462 e. The maximum atomic E-state index is 12.3. The summed E-state index contributed by atoms with van der Waals surface area (Å²) in [5.74, 6) is -0.949. The van der Waals surface area contributed by atoms with Crippen LogP contribution in [0.5, 0.6) is 0 Å². The number of esters is 2. The lowest BCUT2D eigenvalue weighted by Gasteiger charge is -2.18. The third kappa shape index (κ3) is 36.6. The summed E-state index contributed by atoms with van der Waals surface area (Å²) in [6, 6.07) is 0. The van der Waals surface area contributed by atoms with Gasteiger partial charge in [-0.2, -0.15) is 0 Å². The van der Waals surface area contributed by atoms with Crippen LogP contribution in [0.25, 0.3) is 0 Å². The molecule has 0 heterocycles. The Morgan fingerprint density at radius 3 is 1.54 bits per heavy atom. The van der Waals surface area contributed by atoms with Crippen LogP contribution >= 0.6 is 7.82 Å². The van der Waals surface area contributed by atoms with E-state index in [2.05, 4.69) is 79.1 Å². The van der Waals surface area contributed by atoms with E-state index in [0.717, 1.165) is 77.0 Å². The number of unbranched alkanes of at least 4 members (excludes halogenated alkanes) is 13. The molecule has 0 aliphatic heterocycles. The van der Waals surface area contributed by atoms with Crippen molar-refractivity contribution >= 4 is 19.8 Å². The van der Waals surface area contributed by atoms with Gasteiger partial charge in [0, 0.05) is 12.8 Å². The van der Waals surface area contributed by atoms with E-state index in [1.54, 1.807) is 0 Å². The van der Waals surface area contributed by atoms with Gasteiger partial charge in [0.1, 0.15) is 6.61 Å². The quantitative estimate of drug-likeness (QED) is 0.0301. The van der Waals surface area contributed by atoms with E-state index in [9.17, 15) is 14.2 Å². The lowest BCUT2D eigenvalue weighted by atomic mass is 10.1. The summed E-state index contributed by atoms with van der Waals surface area (Å²) in [5.41, 5.74) is 0. The highest BCUT2D eigenvalue weighted by Crippen LogP contribution is 2.36. The zero-order valence-corrected chi connectivity index (χ0v) is 31.0. The second-order valence-corrected chi connectivity index (χ2v) is 13.4. The van der Waals surface area contributed by atoms with Crippen LogP contribution in [-0.4, -0.2) is 41.0 Å². The van der Waals surface area contributed by atoms with Crippen molar-refractivity contribution in [1.29, 1.82) is 0 Å². The normalized spacial score (nSPS) is 13.2. The minimum absolute atomic E-state index is 0.183. The molecule has 0 fully saturated rings. The molecule has 0 aliphatic carbocycles. The van der Waals surface area contributed by atoms with Crippen LogP contribution < -0.4 is 0 Å². The molecule has 9 heteroatoms. The van der Waals surface area contributed by atoms with E-state index >= 15 is 0 Å². The van der Waals surface area contributed by atoms with E-state index in [0.29, 0.717) is 12.8 Å². The van der Waals surface area contributed by atoms with Crippen molar-refractivity contribution in [3.8, 4) is 0 Å². The summed E-state index contributed by atoms with van der Waals surface area (Å²) in [5, 5.41) is 0. The lowest BCUT2D eigenvalue weighted by molar-refractivity contribution is -0.161. The standard InChI is InChI=1S/C39H67O8P/c1-3-5-7-9-11-13-15-17-19-21-23-25-27-29-31-33-38(40)45-35-37(36-46-48(42,43)44)47-39(41)34-32-30-28-26-24-22-20-18-16-14-12-10-8-6-4-2/h6,8,12,14,17-20,23,25,37H,3-5,7,9-11,13,15-16,21-22,24,26-36H2,1-2H3,(H2,42,43,44)/b8-6+,14-12+,19-17+,20-18+,25-23+/t37-/m1/s1.